The number of nitrogens with one attached hydrogen (secondary N) is 2. The van der Waals surface area contributed by atoms with Gasteiger partial charge < -0.3 is 19.9 Å². The van der Waals surface area contributed by atoms with Crippen molar-refractivity contribution in [3.63, 3.8) is 0 Å². The maximum atomic E-state index is 12.4. The molecule has 0 heterocycles. The molecular weight excluding hydrogens is 573 g/mol. The monoisotopic (exact) mass is 597 g/mol. The molecule has 40 heavy (non-hydrogen) atoms. The number of methoxy groups -OCH3 is 1. The van der Waals surface area contributed by atoms with Crippen molar-refractivity contribution in [3.8, 4) is 28.4 Å². The maximum absolute atomic E-state index is 12.4. The molecule has 3 N–H and O–H groups in total. The van der Waals surface area contributed by atoms with E-state index in [-0.39, 0.29) is 16.3 Å². The third kappa shape index (κ3) is 7.67. The fourth-order valence-electron chi connectivity index (χ4n) is 3.82. The van der Waals surface area contributed by atoms with Gasteiger partial charge in [-0.2, -0.15) is 5.10 Å². The van der Waals surface area contributed by atoms with E-state index in [0.717, 1.165) is 16.7 Å². The fraction of sp³-hybridized carbons (Fsp3) is 0.133. The molecule has 4 aromatic carbocycles. The van der Waals surface area contributed by atoms with E-state index in [0.29, 0.717) is 46.8 Å². The minimum atomic E-state index is -0.471. The van der Waals surface area contributed by atoms with Crippen molar-refractivity contribution in [2.45, 2.75) is 6.54 Å². The van der Waals surface area contributed by atoms with Crippen molar-refractivity contribution in [2.75, 3.05) is 20.3 Å². The first-order chi connectivity index (χ1) is 19.4. The van der Waals surface area contributed by atoms with Crippen LogP contribution in [0.15, 0.2) is 84.0 Å². The largest absolute Gasteiger partial charge is 0.506 e. The van der Waals surface area contributed by atoms with Gasteiger partial charge in [0.2, 0.25) is 0 Å². The SMILES string of the molecule is COc1cc(/C=N/NC(=O)c2ccc(O)c(Cl)c2)cc(-c2ccccc2)c1OCCNCc1ccc(Cl)c(Cl)c1. The molecule has 0 aromatic heterocycles. The van der Waals surface area contributed by atoms with E-state index in [4.69, 9.17) is 44.3 Å². The standard InChI is InChI=1S/C30H26Cl3N3O4/c1-39-28-15-20(18-35-36-30(38)22-8-10-27(37)26(33)16-22)13-23(21-5-3-2-4-6-21)29(28)40-12-11-34-17-19-7-9-24(31)25(32)14-19/h2-10,13-16,18,34,37H,11-12,17H2,1H3,(H,36,38)/b35-18+. The molecule has 0 unspecified atom stereocenters. The summed E-state index contributed by atoms with van der Waals surface area (Å²) < 4.78 is 11.8. The lowest BCUT2D eigenvalue weighted by molar-refractivity contribution is 0.0955. The second kappa shape index (κ2) is 14.1. The number of phenols is 1. The van der Waals surface area contributed by atoms with Crippen LogP contribution in [0.5, 0.6) is 17.2 Å². The molecule has 10 heteroatoms. The lowest BCUT2D eigenvalue weighted by Crippen LogP contribution is -2.21. The van der Waals surface area contributed by atoms with Crippen LogP contribution in [0.25, 0.3) is 11.1 Å². The number of amides is 1. The van der Waals surface area contributed by atoms with E-state index in [1.165, 1.54) is 24.4 Å². The second-order valence-electron chi connectivity index (χ2n) is 8.60. The maximum Gasteiger partial charge on any atom is 0.271 e. The molecule has 7 nitrogen and oxygen atoms in total. The lowest BCUT2D eigenvalue weighted by Gasteiger charge is -2.17. The third-order valence-corrected chi connectivity index (χ3v) is 6.85. The van der Waals surface area contributed by atoms with Crippen LogP contribution >= 0.6 is 34.8 Å². The number of nitrogens with zero attached hydrogens (tertiary/aromatic N) is 1. The Balaban J connectivity index is 1.47. The van der Waals surface area contributed by atoms with E-state index < -0.39 is 5.91 Å². The van der Waals surface area contributed by atoms with Crippen molar-refractivity contribution in [1.29, 1.82) is 0 Å². The topological polar surface area (TPSA) is 92.2 Å². The second-order valence-corrected chi connectivity index (χ2v) is 9.83. The number of benzene rings is 4. The van der Waals surface area contributed by atoms with E-state index >= 15 is 0 Å². The summed E-state index contributed by atoms with van der Waals surface area (Å²) in [5.41, 5.74) is 6.17. The molecule has 0 saturated carbocycles. The summed E-state index contributed by atoms with van der Waals surface area (Å²) in [5, 5.41) is 18.1. The van der Waals surface area contributed by atoms with Crippen molar-refractivity contribution < 1.29 is 19.4 Å². The van der Waals surface area contributed by atoms with Crippen LogP contribution < -0.4 is 20.2 Å². The molecule has 0 bridgehead atoms. The number of rotatable bonds is 11. The van der Waals surface area contributed by atoms with Gasteiger partial charge in [-0.3, -0.25) is 4.79 Å². The van der Waals surface area contributed by atoms with Crippen LogP contribution in [0.2, 0.25) is 15.1 Å². The average Bonchev–Trinajstić information content (AvgIpc) is 2.96. The average molecular weight is 599 g/mol. The van der Waals surface area contributed by atoms with Gasteiger partial charge in [0.05, 0.1) is 28.4 Å². The first-order valence-corrected chi connectivity index (χ1v) is 13.4. The molecule has 0 atom stereocenters. The highest BCUT2D eigenvalue weighted by Crippen LogP contribution is 2.39. The molecule has 4 rings (SSSR count). The van der Waals surface area contributed by atoms with Gasteiger partial charge in [0, 0.05) is 24.2 Å². The zero-order valence-electron chi connectivity index (χ0n) is 21.5. The van der Waals surface area contributed by atoms with E-state index in [2.05, 4.69) is 15.8 Å². The van der Waals surface area contributed by atoms with Gasteiger partial charge in [0.15, 0.2) is 11.5 Å². The molecule has 0 aliphatic rings. The predicted molar refractivity (Wildman–Crippen MR) is 160 cm³/mol. The summed E-state index contributed by atoms with van der Waals surface area (Å²) >= 11 is 18.0. The van der Waals surface area contributed by atoms with Gasteiger partial charge in [-0.1, -0.05) is 71.2 Å². The summed E-state index contributed by atoms with van der Waals surface area (Å²) in [5.74, 6) is 0.530. The number of carbonyl (C=O) groups excluding carboxylic acids is 1. The molecule has 0 fully saturated rings. The minimum absolute atomic E-state index is 0.0778. The number of phenolic OH excluding ortho intramolecular Hbond substituents is 1. The number of aromatic hydroxyl groups is 1. The number of hydrazone groups is 1. The van der Waals surface area contributed by atoms with Crippen LogP contribution in [-0.4, -0.2) is 37.5 Å². The molecule has 0 saturated heterocycles. The molecule has 0 spiro atoms. The van der Waals surface area contributed by atoms with Crippen molar-refractivity contribution in [2.24, 2.45) is 5.10 Å². The first-order valence-electron chi connectivity index (χ1n) is 12.2. The zero-order valence-corrected chi connectivity index (χ0v) is 23.7. The Hall–Kier alpha value is -3.75. The number of carbonyl (C=O) groups is 1. The highest BCUT2D eigenvalue weighted by molar-refractivity contribution is 6.42. The van der Waals surface area contributed by atoms with Crippen LogP contribution in [0.3, 0.4) is 0 Å². The molecule has 0 radical (unpaired) electrons. The number of ether oxygens (including phenoxy) is 2. The lowest BCUT2D eigenvalue weighted by atomic mass is 10.0. The van der Waals surface area contributed by atoms with Crippen molar-refractivity contribution >= 4 is 46.9 Å². The number of hydrogen-bond acceptors (Lipinski definition) is 6. The summed E-state index contributed by atoms with van der Waals surface area (Å²) in [6.45, 7) is 1.57. The van der Waals surface area contributed by atoms with E-state index in [9.17, 15) is 9.90 Å². The quantitative estimate of drug-likeness (QED) is 0.0986. The fourth-order valence-corrected chi connectivity index (χ4v) is 4.32. The third-order valence-electron chi connectivity index (χ3n) is 5.81. The first kappa shape index (κ1) is 29.2. The zero-order chi connectivity index (χ0) is 28.5. The van der Waals surface area contributed by atoms with Crippen LogP contribution in [0, 0.1) is 0 Å². The van der Waals surface area contributed by atoms with E-state index in [1.807, 2.05) is 48.5 Å². The normalized spacial score (nSPS) is 11.0. The van der Waals surface area contributed by atoms with Crippen LogP contribution in [-0.2, 0) is 6.54 Å². The molecular formula is C30H26Cl3N3O4. The summed E-state index contributed by atoms with van der Waals surface area (Å²) in [7, 11) is 1.57. The Morgan fingerprint density at radius 1 is 0.950 bits per heavy atom. The van der Waals surface area contributed by atoms with Gasteiger partial charge in [0.25, 0.3) is 5.91 Å². The minimum Gasteiger partial charge on any atom is -0.506 e. The van der Waals surface area contributed by atoms with Gasteiger partial charge in [-0.25, -0.2) is 5.43 Å². The highest BCUT2D eigenvalue weighted by atomic mass is 35.5. The Kier molecular flexibility index (Phi) is 10.3. The molecule has 206 valence electrons. The Morgan fingerprint density at radius 2 is 1.75 bits per heavy atom. The van der Waals surface area contributed by atoms with Crippen LogP contribution in [0.1, 0.15) is 21.5 Å². The summed E-state index contributed by atoms with van der Waals surface area (Å²) in [6.07, 6.45) is 1.51. The van der Waals surface area contributed by atoms with E-state index in [1.54, 1.807) is 19.2 Å². The molecule has 4 aromatic rings. The smallest absolute Gasteiger partial charge is 0.271 e. The van der Waals surface area contributed by atoms with Gasteiger partial charge >= 0.3 is 0 Å². The van der Waals surface area contributed by atoms with Gasteiger partial charge in [-0.05, 0) is 59.2 Å². The Bertz CT molecular complexity index is 1510. The summed E-state index contributed by atoms with van der Waals surface area (Å²) in [6, 6.07) is 23.1. The van der Waals surface area contributed by atoms with Gasteiger partial charge in [0.1, 0.15) is 12.4 Å². The Labute approximate surface area is 247 Å². The van der Waals surface area contributed by atoms with Crippen molar-refractivity contribution in [3.05, 3.63) is 111 Å². The van der Waals surface area contributed by atoms with Gasteiger partial charge in [-0.15, -0.1) is 0 Å². The Morgan fingerprint density at radius 3 is 2.48 bits per heavy atom. The molecule has 0 aliphatic carbocycles. The van der Waals surface area contributed by atoms with Crippen molar-refractivity contribution in [1.82, 2.24) is 10.7 Å². The summed E-state index contributed by atoms with van der Waals surface area (Å²) in [4.78, 5) is 12.4. The highest BCUT2D eigenvalue weighted by Gasteiger charge is 2.15. The predicted octanol–water partition coefficient (Wildman–Crippen LogP) is 6.96. The number of halogens is 3. The molecule has 0 aliphatic heterocycles. The van der Waals surface area contributed by atoms with Crippen LogP contribution in [0.4, 0.5) is 0 Å². The number of hydrogen-bond donors (Lipinski definition) is 3. The molecule has 1 amide bonds.